The normalized spacial score (nSPS) is 11.0. The lowest BCUT2D eigenvalue weighted by Crippen LogP contribution is -2.38. The highest BCUT2D eigenvalue weighted by Crippen LogP contribution is 2.27. The van der Waals surface area contributed by atoms with Crippen LogP contribution in [0.2, 0.25) is 0 Å². The Labute approximate surface area is 177 Å². The molecule has 156 valence electrons. The fraction of sp³-hybridized carbons (Fsp3) is 0.174. The number of benzene rings is 3. The highest BCUT2D eigenvalue weighted by molar-refractivity contribution is 7.92. The molecule has 0 spiro atoms. The van der Waals surface area contributed by atoms with E-state index in [4.69, 9.17) is 4.74 Å². The molecule has 0 bridgehead atoms. The first-order valence-electron chi connectivity index (χ1n) is 9.41. The molecule has 0 saturated carbocycles. The SMILES string of the molecule is COc1ccc(S(=O)(=O)N(CC(=O)Nc2ccccc2C)c2ccccc2)cc1C. The van der Waals surface area contributed by atoms with Gasteiger partial charge in [-0.15, -0.1) is 0 Å². The maximum atomic E-state index is 13.4. The molecule has 0 fully saturated rings. The van der Waals surface area contributed by atoms with Crippen LogP contribution in [0.4, 0.5) is 11.4 Å². The molecule has 7 heteroatoms. The highest BCUT2D eigenvalue weighted by atomic mass is 32.2. The minimum absolute atomic E-state index is 0.0911. The third-order valence-electron chi connectivity index (χ3n) is 4.70. The summed E-state index contributed by atoms with van der Waals surface area (Å²) in [5.74, 6) is 0.166. The Morgan fingerprint density at radius 1 is 0.933 bits per heavy atom. The van der Waals surface area contributed by atoms with E-state index in [1.54, 1.807) is 55.5 Å². The van der Waals surface area contributed by atoms with Gasteiger partial charge in [0.15, 0.2) is 0 Å². The van der Waals surface area contributed by atoms with E-state index in [9.17, 15) is 13.2 Å². The zero-order chi connectivity index (χ0) is 21.7. The largest absolute Gasteiger partial charge is 0.496 e. The second kappa shape index (κ2) is 9.00. The lowest BCUT2D eigenvalue weighted by molar-refractivity contribution is -0.114. The summed E-state index contributed by atoms with van der Waals surface area (Å²) < 4.78 is 33.2. The molecule has 0 unspecified atom stereocenters. The maximum absolute atomic E-state index is 13.4. The quantitative estimate of drug-likeness (QED) is 0.618. The average molecular weight is 425 g/mol. The Balaban J connectivity index is 1.96. The van der Waals surface area contributed by atoms with Gasteiger partial charge in [-0.25, -0.2) is 8.42 Å². The number of hydrogen-bond donors (Lipinski definition) is 1. The van der Waals surface area contributed by atoms with Gasteiger partial charge in [0.1, 0.15) is 12.3 Å². The summed E-state index contributed by atoms with van der Waals surface area (Å²) in [6, 6.07) is 20.6. The molecule has 30 heavy (non-hydrogen) atoms. The topological polar surface area (TPSA) is 75.7 Å². The number of aryl methyl sites for hydroxylation is 2. The number of nitrogens with zero attached hydrogens (tertiary/aromatic N) is 1. The minimum Gasteiger partial charge on any atom is -0.496 e. The number of methoxy groups -OCH3 is 1. The van der Waals surface area contributed by atoms with Crippen LogP contribution in [0.25, 0.3) is 0 Å². The molecule has 3 aromatic rings. The van der Waals surface area contributed by atoms with Crippen molar-refractivity contribution in [2.75, 3.05) is 23.3 Å². The van der Waals surface area contributed by atoms with Crippen molar-refractivity contribution in [3.63, 3.8) is 0 Å². The van der Waals surface area contributed by atoms with Crippen molar-refractivity contribution in [3.05, 3.63) is 83.9 Å². The molecule has 0 heterocycles. The lowest BCUT2D eigenvalue weighted by atomic mass is 10.2. The number of carbonyl (C=O) groups excluding carboxylic acids is 1. The maximum Gasteiger partial charge on any atom is 0.264 e. The van der Waals surface area contributed by atoms with Gasteiger partial charge in [0.25, 0.3) is 10.0 Å². The molecule has 0 aliphatic carbocycles. The van der Waals surface area contributed by atoms with Crippen LogP contribution in [0.15, 0.2) is 77.7 Å². The summed E-state index contributed by atoms with van der Waals surface area (Å²) in [5.41, 5.74) is 2.64. The molecule has 3 aromatic carbocycles. The predicted molar refractivity (Wildman–Crippen MR) is 119 cm³/mol. The number of rotatable bonds is 7. The summed E-state index contributed by atoms with van der Waals surface area (Å²) in [4.78, 5) is 12.8. The highest BCUT2D eigenvalue weighted by Gasteiger charge is 2.27. The molecular formula is C23H24N2O4S. The molecule has 3 rings (SSSR count). The molecule has 0 aromatic heterocycles. The summed E-state index contributed by atoms with van der Waals surface area (Å²) in [7, 11) is -2.45. The van der Waals surface area contributed by atoms with Crippen LogP contribution in [0, 0.1) is 13.8 Å². The first-order chi connectivity index (χ1) is 14.3. The molecule has 0 atom stereocenters. The average Bonchev–Trinajstić information content (AvgIpc) is 2.74. The molecule has 1 N–H and O–H groups in total. The molecular weight excluding hydrogens is 400 g/mol. The Bertz CT molecular complexity index is 1140. The number of amides is 1. The summed E-state index contributed by atoms with van der Waals surface area (Å²) in [6.07, 6.45) is 0. The number of carbonyl (C=O) groups is 1. The van der Waals surface area contributed by atoms with Crippen molar-refractivity contribution in [1.82, 2.24) is 0 Å². The van der Waals surface area contributed by atoms with E-state index in [2.05, 4.69) is 5.32 Å². The predicted octanol–water partition coefficient (Wildman–Crippen LogP) is 4.15. The van der Waals surface area contributed by atoms with E-state index in [0.717, 1.165) is 9.87 Å². The van der Waals surface area contributed by atoms with Crippen LogP contribution < -0.4 is 14.4 Å². The van der Waals surface area contributed by atoms with E-state index >= 15 is 0 Å². The summed E-state index contributed by atoms with van der Waals surface area (Å²) >= 11 is 0. The van der Waals surface area contributed by atoms with Crippen molar-refractivity contribution in [1.29, 1.82) is 0 Å². The van der Waals surface area contributed by atoms with E-state index < -0.39 is 15.9 Å². The van der Waals surface area contributed by atoms with Crippen molar-refractivity contribution in [3.8, 4) is 5.75 Å². The van der Waals surface area contributed by atoms with Gasteiger partial charge in [-0.05, 0) is 61.4 Å². The van der Waals surface area contributed by atoms with Gasteiger partial charge in [-0.2, -0.15) is 0 Å². The van der Waals surface area contributed by atoms with Gasteiger partial charge in [0.05, 0.1) is 17.7 Å². The number of sulfonamides is 1. The lowest BCUT2D eigenvalue weighted by Gasteiger charge is -2.24. The van der Waals surface area contributed by atoms with Crippen molar-refractivity contribution < 1.29 is 17.9 Å². The number of anilines is 2. The Kier molecular flexibility index (Phi) is 6.42. The molecule has 0 saturated heterocycles. The van der Waals surface area contributed by atoms with Gasteiger partial charge >= 0.3 is 0 Å². The molecule has 0 radical (unpaired) electrons. The van der Waals surface area contributed by atoms with E-state index in [1.807, 2.05) is 25.1 Å². The van der Waals surface area contributed by atoms with Gasteiger partial charge in [-0.3, -0.25) is 9.10 Å². The van der Waals surface area contributed by atoms with Crippen LogP contribution in [0.3, 0.4) is 0 Å². The molecule has 1 amide bonds. The molecule has 6 nitrogen and oxygen atoms in total. The van der Waals surface area contributed by atoms with Gasteiger partial charge in [0.2, 0.25) is 5.91 Å². The van der Waals surface area contributed by atoms with E-state index in [1.165, 1.54) is 13.2 Å². The van der Waals surface area contributed by atoms with E-state index in [0.29, 0.717) is 22.7 Å². The second-order valence-corrected chi connectivity index (χ2v) is 8.70. The number of ether oxygens (including phenoxy) is 1. The van der Waals surface area contributed by atoms with Crippen LogP contribution in [0.5, 0.6) is 5.75 Å². The Hall–Kier alpha value is -3.32. The van der Waals surface area contributed by atoms with Crippen LogP contribution in [0.1, 0.15) is 11.1 Å². The van der Waals surface area contributed by atoms with Crippen LogP contribution >= 0.6 is 0 Å². The van der Waals surface area contributed by atoms with Gasteiger partial charge < -0.3 is 10.1 Å². The van der Waals surface area contributed by atoms with E-state index in [-0.39, 0.29) is 11.4 Å². The number of hydrogen-bond acceptors (Lipinski definition) is 4. The number of para-hydroxylation sites is 2. The van der Waals surface area contributed by atoms with Crippen molar-refractivity contribution >= 4 is 27.3 Å². The standard InChI is InChI=1S/C23H24N2O4S/c1-17-9-7-8-12-21(17)24-23(26)16-25(19-10-5-4-6-11-19)30(27,28)20-13-14-22(29-3)18(2)15-20/h4-15H,16H2,1-3H3,(H,24,26). The third kappa shape index (κ3) is 4.63. The smallest absolute Gasteiger partial charge is 0.264 e. The first kappa shape index (κ1) is 21.4. The first-order valence-corrected chi connectivity index (χ1v) is 10.8. The van der Waals surface area contributed by atoms with Crippen LogP contribution in [-0.2, 0) is 14.8 Å². The van der Waals surface area contributed by atoms with Gasteiger partial charge in [-0.1, -0.05) is 36.4 Å². The van der Waals surface area contributed by atoms with Crippen molar-refractivity contribution in [2.24, 2.45) is 0 Å². The number of nitrogens with one attached hydrogen (secondary N) is 1. The summed E-state index contributed by atoms with van der Waals surface area (Å²) in [5, 5.41) is 2.80. The minimum atomic E-state index is -3.98. The molecule has 0 aliphatic rings. The fourth-order valence-corrected chi connectivity index (χ4v) is 4.59. The second-order valence-electron chi connectivity index (χ2n) is 6.84. The monoisotopic (exact) mass is 424 g/mol. The van der Waals surface area contributed by atoms with Crippen LogP contribution in [-0.4, -0.2) is 28.0 Å². The zero-order valence-electron chi connectivity index (χ0n) is 17.1. The molecule has 0 aliphatic heterocycles. The summed E-state index contributed by atoms with van der Waals surface area (Å²) in [6.45, 7) is 3.29. The fourth-order valence-electron chi connectivity index (χ4n) is 3.08. The Morgan fingerprint density at radius 3 is 2.23 bits per heavy atom. The van der Waals surface area contributed by atoms with Gasteiger partial charge in [0, 0.05) is 5.69 Å². The zero-order valence-corrected chi connectivity index (χ0v) is 17.9. The Morgan fingerprint density at radius 2 is 1.60 bits per heavy atom. The third-order valence-corrected chi connectivity index (χ3v) is 6.47. The van der Waals surface area contributed by atoms with Crippen molar-refractivity contribution in [2.45, 2.75) is 18.7 Å².